The summed E-state index contributed by atoms with van der Waals surface area (Å²) in [6.45, 7) is 6.26. The first kappa shape index (κ1) is 14.1. The second kappa shape index (κ2) is 6.22. The molecule has 2 rings (SSSR count). The van der Waals surface area contributed by atoms with Crippen molar-refractivity contribution in [1.82, 2.24) is 0 Å². The van der Waals surface area contributed by atoms with Crippen LogP contribution in [0.15, 0.2) is 36.4 Å². The molecule has 3 heteroatoms. The van der Waals surface area contributed by atoms with Gasteiger partial charge in [0.15, 0.2) is 0 Å². The number of ether oxygens (including phenoxy) is 1. The fourth-order valence-electron chi connectivity index (χ4n) is 2.00. The molecule has 2 nitrogen and oxygen atoms in total. The van der Waals surface area contributed by atoms with Crippen LogP contribution in [-0.4, -0.2) is 6.04 Å². The minimum absolute atomic E-state index is 0.0117. The molecule has 0 aliphatic rings. The molecular formula is C16H21NOS. The Kier molecular flexibility index (Phi) is 4.61. The molecule has 102 valence electrons. The van der Waals surface area contributed by atoms with Gasteiger partial charge in [-0.15, -0.1) is 11.3 Å². The Hall–Kier alpha value is -1.32. The van der Waals surface area contributed by atoms with E-state index in [1.165, 1.54) is 9.75 Å². The molecule has 2 atom stereocenters. The quantitative estimate of drug-likeness (QED) is 0.886. The predicted octanol–water partition coefficient (Wildman–Crippen LogP) is 4.22. The van der Waals surface area contributed by atoms with Crippen LogP contribution in [0, 0.1) is 13.8 Å². The summed E-state index contributed by atoms with van der Waals surface area (Å²) >= 11 is 1.76. The Morgan fingerprint density at radius 3 is 2.47 bits per heavy atom. The number of benzene rings is 1. The molecule has 0 amide bonds. The van der Waals surface area contributed by atoms with E-state index in [9.17, 15) is 0 Å². The molecule has 0 saturated heterocycles. The van der Waals surface area contributed by atoms with E-state index in [4.69, 9.17) is 10.5 Å². The average Bonchev–Trinajstić information content (AvgIpc) is 2.83. The van der Waals surface area contributed by atoms with Crippen LogP contribution in [0.2, 0.25) is 0 Å². The lowest BCUT2D eigenvalue weighted by atomic mass is 10.1. The zero-order valence-corrected chi connectivity index (χ0v) is 12.5. The SMILES string of the molecule is CCC(N)C(Oc1ccccc1C)c1ccc(C)s1. The van der Waals surface area contributed by atoms with Crippen molar-refractivity contribution in [2.24, 2.45) is 5.73 Å². The summed E-state index contributed by atoms with van der Waals surface area (Å²) < 4.78 is 6.18. The van der Waals surface area contributed by atoms with Crippen LogP contribution in [0.25, 0.3) is 0 Å². The first-order valence-electron chi connectivity index (χ1n) is 6.66. The molecule has 0 bridgehead atoms. The van der Waals surface area contributed by atoms with Crippen LogP contribution in [0.1, 0.15) is 34.8 Å². The molecule has 1 aromatic carbocycles. The summed E-state index contributed by atoms with van der Waals surface area (Å²) in [4.78, 5) is 2.49. The molecule has 1 heterocycles. The van der Waals surface area contributed by atoms with Gasteiger partial charge in [-0.1, -0.05) is 25.1 Å². The molecule has 19 heavy (non-hydrogen) atoms. The number of rotatable bonds is 5. The Morgan fingerprint density at radius 2 is 1.89 bits per heavy atom. The molecular weight excluding hydrogens is 254 g/mol. The molecule has 2 N–H and O–H groups in total. The molecule has 1 aromatic heterocycles. The monoisotopic (exact) mass is 275 g/mol. The lowest BCUT2D eigenvalue weighted by Crippen LogP contribution is -2.31. The molecule has 0 saturated carbocycles. The largest absolute Gasteiger partial charge is 0.483 e. The highest BCUT2D eigenvalue weighted by molar-refractivity contribution is 7.12. The zero-order valence-electron chi connectivity index (χ0n) is 11.7. The van der Waals surface area contributed by atoms with E-state index in [-0.39, 0.29) is 12.1 Å². The highest BCUT2D eigenvalue weighted by atomic mass is 32.1. The molecule has 0 aliphatic heterocycles. The fraction of sp³-hybridized carbons (Fsp3) is 0.375. The second-order valence-corrected chi connectivity index (χ2v) is 6.14. The van der Waals surface area contributed by atoms with E-state index in [2.05, 4.69) is 39.0 Å². The van der Waals surface area contributed by atoms with Gasteiger partial charge < -0.3 is 10.5 Å². The number of aryl methyl sites for hydroxylation is 2. The van der Waals surface area contributed by atoms with Crippen molar-refractivity contribution in [2.45, 2.75) is 39.3 Å². The van der Waals surface area contributed by atoms with Gasteiger partial charge in [0.2, 0.25) is 0 Å². The summed E-state index contributed by atoms with van der Waals surface area (Å²) in [5.74, 6) is 0.919. The first-order valence-corrected chi connectivity index (χ1v) is 7.47. The molecule has 0 aliphatic carbocycles. The second-order valence-electron chi connectivity index (χ2n) is 4.82. The smallest absolute Gasteiger partial charge is 0.148 e. The van der Waals surface area contributed by atoms with E-state index in [1.807, 2.05) is 18.2 Å². The number of thiophene rings is 1. The Labute approximate surface area is 119 Å². The highest BCUT2D eigenvalue weighted by Crippen LogP contribution is 2.31. The van der Waals surface area contributed by atoms with Gasteiger partial charge in [0.1, 0.15) is 11.9 Å². The maximum atomic E-state index is 6.24. The normalized spacial score (nSPS) is 14.1. The van der Waals surface area contributed by atoms with Gasteiger partial charge in [0.05, 0.1) is 0 Å². The Bertz CT molecular complexity index is 535. The van der Waals surface area contributed by atoms with Crippen LogP contribution in [0.4, 0.5) is 0 Å². The maximum absolute atomic E-state index is 6.24. The van der Waals surface area contributed by atoms with E-state index in [1.54, 1.807) is 11.3 Å². The highest BCUT2D eigenvalue weighted by Gasteiger charge is 2.22. The van der Waals surface area contributed by atoms with Crippen molar-refractivity contribution in [1.29, 1.82) is 0 Å². The van der Waals surface area contributed by atoms with Crippen LogP contribution in [0.3, 0.4) is 0 Å². The molecule has 2 aromatic rings. The minimum atomic E-state index is -0.0650. The summed E-state index contributed by atoms with van der Waals surface area (Å²) in [5.41, 5.74) is 7.38. The van der Waals surface area contributed by atoms with Gasteiger partial charge >= 0.3 is 0 Å². The third kappa shape index (κ3) is 3.37. The van der Waals surface area contributed by atoms with Crippen LogP contribution in [0.5, 0.6) is 5.75 Å². The fourth-order valence-corrected chi connectivity index (χ4v) is 2.99. The lowest BCUT2D eigenvalue weighted by molar-refractivity contribution is 0.173. The average molecular weight is 275 g/mol. The molecule has 0 radical (unpaired) electrons. The Morgan fingerprint density at radius 1 is 1.16 bits per heavy atom. The number of para-hydroxylation sites is 1. The van der Waals surface area contributed by atoms with Gasteiger partial charge in [-0.25, -0.2) is 0 Å². The van der Waals surface area contributed by atoms with Gasteiger partial charge in [-0.3, -0.25) is 0 Å². The molecule has 0 fully saturated rings. The maximum Gasteiger partial charge on any atom is 0.148 e. The van der Waals surface area contributed by atoms with E-state index in [0.29, 0.717) is 0 Å². The summed E-state index contributed by atoms with van der Waals surface area (Å²) in [6.07, 6.45) is 0.831. The van der Waals surface area contributed by atoms with E-state index >= 15 is 0 Å². The van der Waals surface area contributed by atoms with Crippen LogP contribution < -0.4 is 10.5 Å². The lowest BCUT2D eigenvalue weighted by Gasteiger charge is -2.24. The van der Waals surface area contributed by atoms with Gasteiger partial charge in [-0.05, 0) is 44.0 Å². The molecule has 0 spiro atoms. The third-order valence-corrected chi connectivity index (χ3v) is 4.31. The Balaban J connectivity index is 2.27. The van der Waals surface area contributed by atoms with Crippen LogP contribution in [-0.2, 0) is 0 Å². The van der Waals surface area contributed by atoms with Crippen molar-refractivity contribution < 1.29 is 4.74 Å². The molecule has 2 unspecified atom stereocenters. The zero-order chi connectivity index (χ0) is 13.8. The number of hydrogen-bond donors (Lipinski definition) is 1. The standard InChI is InChI=1S/C16H21NOS/c1-4-13(17)16(15-10-9-12(3)19-15)18-14-8-6-5-7-11(14)2/h5-10,13,16H,4,17H2,1-3H3. The van der Waals surface area contributed by atoms with Crippen molar-refractivity contribution in [3.8, 4) is 5.75 Å². The number of hydrogen-bond acceptors (Lipinski definition) is 3. The predicted molar refractivity (Wildman–Crippen MR) is 81.9 cm³/mol. The summed E-state index contributed by atoms with van der Waals surface area (Å²) in [7, 11) is 0. The first-order chi connectivity index (χ1) is 9.11. The summed E-state index contributed by atoms with van der Waals surface area (Å²) in [5, 5.41) is 0. The van der Waals surface area contributed by atoms with E-state index < -0.39 is 0 Å². The van der Waals surface area contributed by atoms with Crippen molar-refractivity contribution in [3.05, 3.63) is 51.7 Å². The number of nitrogens with two attached hydrogens (primary N) is 1. The summed E-state index contributed by atoms with van der Waals surface area (Å²) in [6, 6.07) is 12.3. The van der Waals surface area contributed by atoms with Gasteiger partial charge in [0.25, 0.3) is 0 Å². The minimum Gasteiger partial charge on any atom is -0.483 e. The third-order valence-electron chi connectivity index (χ3n) is 3.25. The van der Waals surface area contributed by atoms with Crippen molar-refractivity contribution >= 4 is 11.3 Å². The topological polar surface area (TPSA) is 35.2 Å². The van der Waals surface area contributed by atoms with Crippen molar-refractivity contribution in [2.75, 3.05) is 0 Å². The van der Waals surface area contributed by atoms with Gasteiger partial charge in [-0.2, -0.15) is 0 Å². The van der Waals surface area contributed by atoms with Gasteiger partial charge in [0, 0.05) is 15.8 Å². The van der Waals surface area contributed by atoms with E-state index in [0.717, 1.165) is 17.7 Å². The van der Waals surface area contributed by atoms with Crippen LogP contribution >= 0.6 is 11.3 Å². The van der Waals surface area contributed by atoms with Crippen molar-refractivity contribution in [3.63, 3.8) is 0 Å².